The highest BCUT2D eigenvalue weighted by atomic mass is 16.5. The highest BCUT2D eigenvalue weighted by Gasteiger charge is 2.11. The van der Waals surface area contributed by atoms with Gasteiger partial charge in [-0.1, -0.05) is 13.3 Å². The Morgan fingerprint density at radius 2 is 2.25 bits per heavy atom. The first-order chi connectivity index (χ1) is 7.69. The molecule has 0 bridgehead atoms. The molecule has 16 heavy (non-hydrogen) atoms. The molecular formula is C12H18N2O2. The predicted octanol–water partition coefficient (Wildman–Crippen LogP) is 1.81. The second kappa shape index (κ2) is 6.00. The van der Waals surface area contributed by atoms with Gasteiger partial charge in [0.05, 0.1) is 12.2 Å². The number of rotatable bonds is 5. The number of ether oxygens (including phenoxy) is 1. The molecule has 0 aliphatic rings. The standard InChI is InChI=1S/C12H18N2O2/c1-3-4-7-16-11-8-9(13)5-6-10(11)12(15)14-2/h5-6,8H,3-4,7,13H2,1-2H3,(H,14,15). The number of amides is 1. The average Bonchev–Trinajstić information content (AvgIpc) is 2.29. The van der Waals surface area contributed by atoms with E-state index in [9.17, 15) is 4.79 Å². The molecule has 4 heteroatoms. The molecule has 88 valence electrons. The van der Waals surface area contributed by atoms with Crippen molar-refractivity contribution >= 4 is 11.6 Å². The topological polar surface area (TPSA) is 64.3 Å². The van der Waals surface area contributed by atoms with Crippen molar-refractivity contribution in [3.05, 3.63) is 23.8 Å². The molecule has 0 saturated heterocycles. The minimum atomic E-state index is -0.161. The number of hydrogen-bond acceptors (Lipinski definition) is 3. The minimum Gasteiger partial charge on any atom is -0.493 e. The van der Waals surface area contributed by atoms with Crippen LogP contribution in [0.25, 0.3) is 0 Å². The van der Waals surface area contributed by atoms with Crippen molar-refractivity contribution in [3.8, 4) is 5.75 Å². The number of carbonyl (C=O) groups is 1. The molecule has 0 saturated carbocycles. The van der Waals surface area contributed by atoms with Gasteiger partial charge in [-0.25, -0.2) is 0 Å². The third-order valence-corrected chi connectivity index (χ3v) is 2.23. The van der Waals surface area contributed by atoms with Crippen LogP contribution in [0, 0.1) is 0 Å². The van der Waals surface area contributed by atoms with Crippen molar-refractivity contribution in [2.24, 2.45) is 0 Å². The van der Waals surface area contributed by atoms with Gasteiger partial charge in [-0.05, 0) is 18.6 Å². The predicted molar refractivity (Wildman–Crippen MR) is 64.6 cm³/mol. The summed E-state index contributed by atoms with van der Waals surface area (Å²) in [6.07, 6.45) is 2.01. The van der Waals surface area contributed by atoms with Crippen LogP contribution in [0.2, 0.25) is 0 Å². The van der Waals surface area contributed by atoms with E-state index in [1.165, 1.54) is 0 Å². The van der Waals surface area contributed by atoms with Gasteiger partial charge in [0.15, 0.2) is 0 Å². The first kappa shape index (κ1) is 12.4. The normalized spacial score (nSPS) is 9.88. The molecule has 1 amide bonds. The molecule has 4 nitrogen and oxygen atoms in total. The Bertz CT molecular complexity index is 364. The van der Waals surface area contributed by atoms with Crippen molar-refractivity contribution in [2.45, 2.75) is 19.8 Å². The van der Waals surface area contributed by atoms with Gasteiger partial charge in [0, 0.05) is 18.8 Å². The molecule has 0 spiro atoms. The highest BCUT2D eigenvalue weighted by Crippen LogP contribution is 2.22. The van der Waals surface area contributed by atoms with E-state index in [-0.39, 0.29) is 5.91 Å². The lowest BCUT2D eigenvalue weighted by Crippen LogP contribution is -2.19. The molecule has 1 rings (SSSR count). The molecule has 0 aromatic heterocycles. The van der Waals surface area contributed by atoms with Gasteiger partial charge < -0.3 is 15.8 Å². The van der Waals surface area contributed by atoms with Crippen LogP contribution in [0.4, 0.5) is 5.69 Å². The van der Waals surface area contributed by atoms with E-state index in [0.29, 0.717) is 23.6 Å². The number of benzene rings is 1. The van der Waals surface area contributed by atoms with Crippen LogP contribution in [0.3, 0.4) is 0 Å². The summed E-state index contributed by atoms with van der Waals surface area (Å²) in [6, 6.07) is 5.05. The van der Waals surface area contributed by atoms with Crippen LogP contribution in [-0.4, -0.2) is 19.6 Å². The largest absolute Gasteiger partial charge is 0.493 e. The molecule has 0 unspecified atom stereocenters. The Hall–Kier alpha value is -1.71. The van der Waals surface area contributed by atoms with Crippen molar-refractivity contribution in [3.63, 3.8) is 0 Å². The maximum absolute atomic E-state index is 11.5. The lowest BCUT2D eigenvalue weighted by molar-refractivity contribution is 0.0959. The number of unbranched alkanes of at least 4 members (excludes halogenated alkanes) is 1. The number of nitrogens with two attached hydrogens (primary N) is 1. The van der Waals surface area contributed by atoms with Crippen LogP contribution in [-0.2, 0) is 0 Å². The summed E-state index contributed by atoms with van der Waals surface area (Å²) in [7, 11) is 1.59. The van der Waals surface area contributed by atoms with Crippen molar-refractivity contribution in [1.82, 2.24) is 5.32 Å². The van der Waals surface area contributed by atoms with E-state index in [1.807, 2.05) is 0 Å². The summed E-state index contributed by atoms with van der Waals surface area (Å²) in [5.74, 6) is 0.388. The molecule has 0 atom stereocenters. The Kier molecular flexibility index (Phi) is 4.64. The fourth-order valence-electron chi connectivity index (χ4n) is 1.31. The quantitative estimate of drug-likeness (QED) is 0.590. The molecular weight excluding hydrogens is 204 g/mol. The number of nitrogens with one attached hydrogen (secondary N) is 1. The maximum atomic E-state index is 11.5. The zero-order valence-corrected chi connectivity index (χ0v) is 9.75. The smallest absolute Gasteiger partial charge is 0.254 e. The molecule has 0 radical (unpaired) electrons. The molecule has 0 aliphatic carbocycles. The zero-order chi connectivity index (χ0) is 12.0. The first-order valence-corrected chi connectivity index (χ1v) is 5.43. The number of hydrogen-bond donors (Lipinski definition) is 2. The summed E-state index contributed by atoms with van der Waals surface area (Å²) in [4.78, 5) is 11.5. The fraction of sp³-hybridized carbons (Fsp3) is 0.417. The number of anilines is 1. The van der Waals surface area contributed by atoms with Crippen LogP contribution >= 0.6 is 0 Å². The molecule has 1 aromatic carbocycles. The van der Waals surface area contributed by atoms with E-state index >= 15 is 0 Å². The first-order valence-electron chi connectivity index (χ1n) is 5.43. The zero-order valence-electron chi connectivity index (χ0n) is 9.75. The van der Waals surface area contributed by atoms with Gasteiger partial charge >= 0.3 is 0 Å². The van der Waals surface area contributed by atoms with Gasteiger partial charge in [0.25, 0.3) is 5.91 Å². The van der Waals surface area contributed by atoms with E-state index in [0.717, 1.165) is 12.8 Å². The Morgan fingerprint density at radius 1 is 1.50 bits per heavy atom. The SMILES string of the molecule is CCCCOc1cc(N)ccc1C(=O)NC. The molecule has 0 fully saturated rings. The van der Waals surface area contributed by atoms with Gasteiger partial charge in [0.1, 0.15) is 5.75 Å². The van der Waals surface area contributed by atoms with Crippen molar-refractivity contribution < 1.29 is 9.53 Å². The van der Waals surface area contributed by atoms with Crippen molar-refractivity contribution in [1.29, 1.82) is 0 Å². The summed E-state index contributed by atoms with van der Waals surface area (Å²) in [5.41, 5.74) is 6.78. The summed E-state index contributed by atoms with van der Waals surface area (Å²) < 4.78 is 5.54. The average molecular weight is 222 g/mol. The van der Waals surface area contributed by atoms with E-state index < -0.39 is 0 Å². The fourth-order valence-corrected chi connectivity index (χ4v) is 1.31. The van der Waals surface area contributed by atoms with Gasteiger partial charge in [-0.2, -0.15) is 0 Å². The third kappa shape index (κ3) is 3.15. The van der Waals surface area contributed by atoms with Crippen LogP contribution in [0.1, 0.15) is 30.1 Å². The van der Waals surface area contributed by atoms with E-state index in [4.69, 9.17) is 10.5 Å². The Morgan fingerprint density at radius 3 is 2.88 bits per heavy atom. The van der Waals surface area contributed by atoms with Gasteiger partial charge in [-0.3, -0.25) is 4.79 Å². The monoisotopic (exact) mass is 222 g/mol. The Labute approximate surface area is 95.8 Å². The summed E-state index contributed by atoms with van der Waals surface area (Å²) in [6.45, 7) is 2.69. The number of carbonyl (C=O) groups excluding carboxylic acids is 1. The lowest BCUT2D eigenvalue weighted by atomic mass is 10.1. The lowest BCUT2D eigenvalue weighted by Gasteiger charge is -2.10. The summed E-state index contributed by atoms with van der Waals surface area (Å²) in [5, 5.41) is 2.57. The molecule has 1 aromatic rings. The highest BCUT2D eigenvalue weighted by molar-refractivity contribution is 5.97. The maximum Gasteiger partial charge on any atom is 0.254 e. The van der Waals surface area contributed by atoms with Crippen LogP contribution in [0.15, 0.2) is 18.2 Å². The van der Waals surface area contributed by atoms with E-state index in [1.54, 1.807) is 25.2 Å². The van der Waals surface area contributed by atoms with Crippen LogP contribution in [0.5, 0.6) is 5.75 Å². The Balaban J connectivity index is 2.85. The molecule has 3 N–H and O–H groups in total. The second-order valence-corrected chi connectivity index (χ2v) is 3.54. The van der Waals surface area contributed by atoms with E-state index in [2.05, 4.69) is 12.2 Å². The van der Waals surface area contributed by atoms with Crippen LogP contribution < -0.4 is 15.8 Å². The second-order valence-electron chi connectivity index (χ2n) is 3.54. The minimum absolute atomic E-state index is 0.161. The van der Waals surface area contributed by atoms with Gasteiger partial charge in [0.2, 0.25) is 0 Å². The van der Waals surface area contributed by atoms with Crippen molar-refractivity contribution in [2.75, 3.05) is 19.4 Å². The number of nitrogen functional groups attached to an aromatic ring is 1. The molecule has 0 heterocycles. The van der Waals surface area contributed by atoms with Gasteiger partial charge in [-0.15, -0.1) is 0 Å². The third-order valence-electron chi connectivity index (χ3n) is 2.23. The molecule has 0 aliphatic heterocycles. The summed E-state index contributed by atoms with van der Waals surface area (Å²) >= 11 is 0.